The van der Waals surface area contributed by atoms with E-state index in [-0.39, 0.29) is 0 Å². The first-order valence-electron chi connectivity index (χ1n) is 5.29. The highest BCUT2D eigenvalue weighted by Gasteiger charge is 2.07. The monoisotopic (exact) mass is 192 g/mol. The Bertz CT molecular complexity index is 278. The Balaban J connectivity index is 2.45. The molecule has 1 unspecified atom stereocenters. The van der Waals surface area contributed by atoms with E-state index in [0.29, 0.717) is 11.8 Å². The van der Waals surface area contributed by atoms with Gasteiger partial charge in [0, 0.05) is 0 Å². The molecule has 0 N–H and O–H groups in total. The molecular formula is C13H20O. The molecule has 1 atom stereocenters. The lowest BCUT2D eigenvalue weighted by Gasteiger charge is -2.16. The summed E-state index contributed by atoms with van der Waals surface area (Å²) in [7, 11) is 0. The van der Waals surface area contributed by atoms with Crippen molar-refractivity contribution in [3.63, 3.8) is 0 Å². The number of ether oxygens (including phenoxy) is 1. The summed E-state index contributed by atoms with van der Waals surface area (Å²) < 4.78 is 5.71. The molecule has 14 heavy (non-hydrogen) atoms. The Kier molecular flexibility index (Phi) is 3.99. The number of aryl methyl sites for hydroxylation is 1. The van der Waals surface area contributed by atoms with Gasteiger partial charge in [0.25, 0.3) is 0 Å². The van der Waals surface area contributed by atoms with Crippen LogP contribution in [0.15, 0.2) is 24.3 Å². The maximum absolute atomic E-state index is 5.71. The van der Waals surface area contributed by atoms with Gasteiger partial charge in [0.15, 0.2) is 0 Å². The fourth-order valence-corrected chi connectivity index (χ4v) is 1.13. The van der Waals surface area contributed by atoms with Crippen LogP contribution in [0.1, 0.15) is 26.3 Å². The number of benzene rings is 1. The normalized spacial score (nSPS) is 12.9. The molecule has 1 aromatic rings. The lowest BCUT2D eigenvalue weighted by Crippen LogP contribution is -2.14. The van der Waals surface area contributed by atoms with E-state index in [1.54, 1.807) is 0 Å². The van der Waals surface area contributed by atoms with Crippen molar-refractivity contribution in [3.05, 3.63) is 29.8 Å². The van der Waals surface area contributed by atoms with Gasteiger partial charge in [-0.1, -0.05) is 32.9 Å². The third-order valence-corrected chi connectivity index (χ3v) is 2.64. The summed E-state index contributed by atoms with van der Waals surface area (Å²) in [4.78, 5) is 0. The fourth-order valence-electron chi connectivity index (χ4n) is 1.13. The van der Waals surface area contributed by atoms with E-state index in [9.17, 15) is 0 Å². The summed E-state index contributed by atoms with van der Waals surface area (Å²) in [6.45, 7) is 9.56. The number of hydrogen-bond acceptors (Lipinski definition) is 1. The summed E-state index contributed by atoms with van der Waals surface area (Å²) in [6, 6.07) is 8.20. The molecule has 1 heteroatoms. The summed E-state index contributed by atoms with van der Waals surface area (Å²) in [5.74, 6) is 2.27. The van der Waals surface area contributed by atoms with Crippen molar-refractivity contribution < 1.29 is 4.74 Å². The maximum atomic E-state index is 5.71. The van der Waals surface area contributed by atoms with Crippen LogP contribution in [0.4, 0.5) is 0 Å². The molecule has 1 nitrogen and oxygen atoms in total. The van der Waals surface area contributed by atoms with Gasteiger partial charge in [-0.2, -0.15) is 0 Å². The molecule has 0 heterocycles. The minimum absolute atomic E-state index is 0.607. The van der Waals surface area contributed by atoms with Gasteiger partial charge in [0.05, 0.1) is 6.61 Å². The zero-order valence-corrected chi connectivity index (χ0v) is 9.58. The van der Waals surface area contributed by atoms with Crippen molar-refractivity contribution in [1.29, 1.82) is 0 Å². The van der Waals surface area contributed by atoms with Gasteiger partial charge < -0.3 is 4.74 Å². The summed E-state index contributed by atoms with van der Waals surface area (Å²) in [5, 5.41) is 0. The van der Waals surface area contributed by atoms with Crippen molar-refractivity contribution >= 4 is 0 Å². The van der Waals surface area contributed by atoms with Gasteiger partial charge in [-0.05, 0) is 36.5 Å². The summed E-state index contributed by atoms with van der Waals surface area (Å²) >= 11 is 0. The molecule has 1 rings (SSSR count). The zero-order chi connectivity index (χ0) is 10.6. The maximum Gasteiger partial charge on any atom is 0.119 e. The van der Waals surface area contributed by atoms with E-state index < -0.39 is 0 Å². The highest BCUT2D eigenvalue weighted by Crippen LogP contribution is 2.16. The van der Waals surface area contributed by atoms with Crippen molar-refractivity contribution in [2.75, 3.05) is 6.61 Å². The molecule has 0 spiro atoms. The first-order valence-corrected chi connectivity index (χ1v) is 5.29. The Labute approximate surface area is 87.1 Å². The van der Waals surface area contributed by atoms with Crippen molar-refractivity contribution in [3.8, 4) is 5.75 Å². The molecule has 0 bridgehead atoms. The fraction of sp³-hybridized carbons (Fsp3) is 0.538. The van der Waals surface area contributed by atoms with Crippen LogP contribution in [0.5, 0.6) is 5.75 Å². The number of rotatable bonds is 4. The SMILES string of the molecule is Cc1cccc(OCC(C)C(C)C)c1. The van der Waals surface area contributed by atoms with E-state index in [0.717, 1.165) is 12.4 Å². The Morgan fingerprint density at radius 3 is 2.50 bits per heavy atom. The standard InChI is InChI=1S/C13H20O/c1-10(2)12(4)9-14-13-7-5-6-11(3)8-13/h5-8,10,12H,9H2,1-4H3. The van der Waals surface area contributed by atoms with Crippen LogP contribution < -0.4 is 4.74 Å². The average Bonchev–Trinajstić information content (AvgIpc) is 2.14. The molecule has 0 radical (unpaired) electrons. The quantitative estimate of drug-likeness (QED) is 0.707. The summed E-state index contributed by atoms with van der Waals surface area (Å²) in [6.07, 6.45) is 0. The molecule has 0 fully saturated rings. The number of hydrogen-bond donors (Lipinski definition) is 0. The Morgan fingerprint density at radius 2 is 1.93 bits per heavy atom. The van der Waals surface area contributed by atoms with Crippen LogP contribution in [-0.2, 0) is 0 Å². The van der Waals surface area contributed by atoms with E-state index in [4.69, 9.17) is 4.74 Å². The highest BCUT2D eigenvalue weighted by molar-refractivity contribution is 5.27. The molecule has 0 amide bonds. The van der Waals surface area contributed by atoms with Crippen molar-refractivity contribution in [2.24, 2.45) is 11.8 Å². The van der Waals surface area contributed by atoms with E-state index >= 15 is 0 Å². The molecule has 0 aliphatic heterocycles. The van der Waals surface area contributed by atoms with Crippen LogP contribution in [-0.4, -0.2) is 6.61 Å². The minimum atomic E-state index is 0.607. The van der Waals surface area contributed by atoms with Crippen LogP contribution in [0, 0.1) is 18.8 Å². The van der Waals surface area contributed by atoms with Crippen LogP contribution in [0.25, 0.3) is 0 Å². The first-order chi connectivity index (χ1) is 6.59. The predicted octanol–water partition coefficient (Wildman–Crippen LogP) is 3.67. The van der Waals surface area contributed by atoms with Crippen LogP contribution in [0.3, 0.4) is 0 Å². The van der Waals surface area contributed by atoms with Gasteiger partial charge >= 0.3 is 0 Å². The lowest BCUT2D eigenvalue weighted by atomic mass is 9.99. The third kappa shape index (κ3) is 3.41. The van der Waals surface area contributed by atoms with Crippen LogP contribution in [0.2, 0.25) is 0 Å². The topological polar surface area (TPSA) is 9.23 Å². The Morgan fingerprint density at radius 1 is 1.21 bits per heavy atom. The smallest absolute Gasteiger partial charge is 0.119 e. The predicted molar refractivity (Wildman–Crippen MR) is 60.7 cm³/mol. The molecule has 78 valence electrons. The van der Waals surface area contributed by atoms with Gasteiger partial charge in [0.1, 0.15) is 5.75 Å². The van der Waals surface area contributed by atoms with E-state index in [1.807, 2.05) is 12.1 Å². The second-order valence-corrected chi connectivity index (χ2v) is 4.35. The van der Waals surface area contributed by atoms with Crippen molar-refractivity contribution in [2.45, 2.75) is 27.7 Å². The second-order valence-electron chi connectivity index (χ2n) is 4.35. The molecule has 0 aliphatic rings. The second kappa shape index (κ2) is 5.04. The van der Waals surface area contributed by atoms with Crippen LogP contribution >= 0.6 is 0 Å². The molecular weight excluding hydrogens is 172 g/mol. The summed E-state index contributed by atoms with van der Waals surface area (Å²) in [5.41, 5.74) is 1.25. The zero-order valence-electron chi connectivity index (χ0n) is 9.58. The first kappa shape index (κ1) is 11.1. The lowest BCUT2D eigenvalue weighted by molar-refractivity contribution is 0.223. The average molecular weight is 192 g/mol. The molecule has 0 saturated carbocycles. The minimum Gasteiger partial charge on any atom is -0.493 e. The molecule has 0 aliphatic carbocycles. The largest absolute Gasteiger partial charge is 0.493 e. The van der Waals surface area contributed by atoms with Crippen molar-refractivity contribution in [1.82, 2.24) is 0 Å². The molecule has 1 aromatic carbocycles. The van der Waals surface area contributed by atoms with Gasteiger partial charge in [-0.15, -0.1) is 0 Å². The molecule has 0 aromatic heterocycles. The Hall–Kier alpha value is -0.980. The van der Waals surface area contributed by atoms with Gasteiger partial charge in [-0.3, -0.25) is 0 Å². The van der Waals surface area contributed by atoms with E-state index in [2.05, 4.69) is 39.8 Å². The highest BCUT2D eigenvalue weighted by atomic mass is 16.5. The third-order valence-electron chi connectivity index (χ3n) is 2.64. The molecule has 0 saturated heterocycles. The van der Waals surface area contributed by atoms with Gasteiger partial charge in [0.2, 0.25) is 0 Å². The van der Waals surface area contributed by atoms with Gasteiger partial charge in [-0.25, -0.2) is 0 Å². The van der Waals surface area contributed by atoms with E-state index in [1.165, 1.54) is 5.56 Å².